The lowest BCUT2D eigenvalue weighted by molar-refractivity contribution is 0.315. The molecule has 0 saturated carbocycles. The van der Waals surface area contributed by atoms with E-state index >= 15 is 0 Å². The molecule has 2 aromatic carbocycles. The molecule has 244 valence electrons. The van der Waals surface area contributed by atoms with Crippen molar-refractivity contribution in [3.8, 4) is 11.4 Å². The van der Waals surface area contributed by atoms with E-state index < -0.39 is 35.4 Å². The first-order valence-corrected chi connectivity index (χ1v) is 15.3. The number of aromatic nitrogens is 6. The molecule has 46 heavy (non-hydrogen) atoms. The standard InChI is InChI=1S/C29H26Cl2F3N7O3.C2H6/c1-4-6-16-17-14-39(3)38-23(17)9-18(30)25(16)36-27-37-28(42)41(24-12-35-11-19(31)26(24)44-7-5-2)29(43)40(27)13-15-8-21(33)22(34)10-20(15)32;1-2/h8-12,14H,4-7,13H2,1-3H3,(H,36,37,42);1-2H3. The third-order valence-electron chi connectivity index (χ3n) is 6.74. The van der Waals surface area contributed by atoms with Crippen LogP contribution in [0.3, 0.4) is 0 Å². The van der Waals surface area contributed by atoms with Crippen molar-refractivity contribution >= 4 is 45.7 Å². The molecule has 10 nitrogen and oxygen atoms in total. The molecule has 0 aliphatic carbocycles. The second kappa shape index (κ2) is 14.8. The Bertz CT molecular complexity index is 2010. The minimum absolute atomic E-state index is 0.00564. The van der Waals surface area contributed by atoms with Crippen molar-refractivity contribution in [1.29, 1.82) is 0 Å². The Labute approximate surface area is 272 Å². The summed E-state index contributed by atoms with van der Waals surface area (Å²) in [4.78, 5) is 35.7. The lowest BCUT2D eigenvalue weighted by atomic mass is 10.0. The number of hydrogen-bond donors (Lipinski definition) is 1. The second-order valence-electron chi connectivity index (χ2n) is 9.92. The zero-order valence-corrected chi connectivity index (χ0v) is 27.3. The number of ether oxygens (including phenoxy) is 1. The highest BCUT2D eigenvalue weighted by Gasteiger charge is 2.23. The van der Waals surface area contributed by atoms with E-state index in [0.29, 0.717) is 47.2 Å². The van der Waals surface area contributed by atoms with Crippen LogP contribution in [0.5, 0.6) is 5.75 Å². The molecule has 0 bridgehead atoms. The highest BCUT2D eigenvalue weighted by molar-refractivity contribution is 6.34. The SMILES string of the molecule is CC.CCCOc1c(Cl)cncc1-n1c(=O)nc(Nc2c(Cl)cc3nn(C)cc3c2CCC)n(Cc2cc(F)c(F)cc2F)c1=O. The number of benzene rings is 2. The van der Waals surface area contributed by atoms with Crippen LogP contribution in [-0.2, 0) is 20.0 Å². The van der Waals surface area contributed by atoms with Crippen molar-refractivity contribution in [2.75, 3.05) is 11.9 Å². The average molecular weight is 679 g/mol. The van der Waals surface area contributed by atoms with Crippen LogP contribution in [0.2, 0.25) is 10.0 Å². The summed E-state index contributed by atoms with van der Waals surface area (Å²) >= 11 is 13.0. The molecule has 0 saturated heterocycles. The van der Waals surface area contributed by atoms with Crippen LogP contribution in [0.25, 0.3) is 16.6 Å². The maximum atomic E-state index is 14.9. The van der Waals surface area contributed by atoms with Crippen LogP contribution in [0.4, 0.5) is 24.8 Å². The second-order valence-corrected chi connectivity index (χ2v) is 10.7. The smallest absolute Gasteiger partial charge is 0.359 e. The molecule has 0 spiro atoms. The Hall–Kier alpha value is -4.36. The van der Waals surface area contributed by atoms with Gasteiger partial charge in [-0.1, -0.05) is 57.3 Å². The third-order valence-corrected chi connectivity index (χ3v) is 7.30. The van der Waals surface area contributed by atoms with Crippen molar-refractivity contribution in [1.82, 2.24) is 28.9 Å². The molecule has 3 aromatic heterocycles. The van der Waals surface area contributed by atoms with E-state index in [0.717, 1.165) is 15.5 Å². The number of pyridine rings is 1. The summed E-state index contributed by atoms with van der Waals surface area (Å²) in [6.45, 7) is 7.38. The number of nitrogens with zero attached hydrogens (tertiary/aromatic N) is 6. The van der Waals surface area contributed by atoms with Crippen molar-refractivity contribution in [3.63, 3.8) is 0 Å². The van der Waals surface area contributed by atoms with E-state index in [2.05, 4.69) is 20.4 Å². The van der Waals surface area contributed by atoms with Gasteiger partial charge in [0.1, 0.15) is 16.5 Å². The lowest BCUT2D eigenvalue weighted by Gasteiger charge is -2.19. The molecule has 0 aliphatic heterocycles. The normalized spacial score (nSPS) is 11.0. The third kappa shape index (κ3) is 6.90. The summed E-state index contributed by atoms with van der Waals surface area (Å²) in [5, 5.41) is 8.43. The van der Waals surface area contributed by atoms with Crippen LogP contribution in [0, 0.1) is 17.5 Å². The summed E-state index contributed by atoms with van der Waals surface area (Å²) in [7, 11) is 1.76. The monoisotopic (exact) mass is 677 g/mol. The summed E-state index contributed by atoms with van der Waals surface area (Å²) in [6.07, 6.45) is 6.13. The van der Waals surface area contributed by atoms with Gasteiger partial charge in [0, 0.05) is 36.5 Å². The quantitative estimate of drug-likeness (QED) is 0.159. The summed E-state index contributed by atoms with van der Waals surface area (Å²) in [5.41, 5.74) is -0.839. The Morgan fingerprint density at radius 2 is 1.67 bits per heavy atom. The summed E-state index contributed by atoms with van der Waals surface area (Å²) < 4.78 is 51.7. The van der Waals surface area contributed by atoms with Gasteiger partial charge in [-0.2, -0.15) is 10.1 Å². The van der Waals surface area contributed by atoms with Gasteiger partial charge in [0.15, 0.2) is 17.4 Å². The van der Waals surface area contributed by atoms with Crippen molar-refractivity contribution in [2.45, 2.75) is 53.5 Å². The molecule has 5 rings (SSSR count). The Balaban J connectivity index is 0.00000235. The van der Waals surface area contributed by atoms with Crippen LogP contribution in [-0.4, -0.2) is 35.5 Å². The number of rotatable bonds is 10. The van der Waals surface area contributed by atoms with Gasteiger partial charge in [-0.25, -0.2) is 27.3 Å². The van der Waals surface area contributed by atoms with Gasteiger partial charge in [0.05, 0.1) is 35.6 Å². The molecular weight excluding hydrogens is 646 g/mol. The number of nitrogens with one attached hydrogen (secondary N) is 1. The fraction of sp³-hybridized carbons (Fsp3) is 0.323. The van der Waals surface area contributed by atoms with E-state index in [-0.39, 0.29) is 39.6 Å². The molecule has 0 atom stereocenters. The summed E-state index contributed by atoms with van der Waals surface area (Å²) in [5.74, 6) is -4.16. The Kier molecular flexibility index (Phi) is 11.1. The molecule has 15 heteroatoms. The first kappa shape index (κ1) is 34.5. The largest absolute Gasteiger partial charge is 0.490 e. The van der Waals surface area contributed by atoms with Crippen molar-refractivity contribution in [3.05, 3.63) is 96.4 Å². The predicted molar refractivity (Wildman–Crippen MR) is 172 cm³/mol. The zero-order chi connectivity index (χ0) is 33.7. The van der Waals surface area contributed by atoms with Crippen LogP contribution in [0.1, 0.15) is 51.7 Å². The van der Waals surface area contributed by atoms with Gasteiger partial charge < -0.3 is 10.1 Å². The lowest BCUT2D eigenvalue weighted by Crippen LogP contribution is -2.42. The molecule has 1 N–H and O–H groups in total. The van der Waals surface area contributed by atoms with Crippen LogP contribution in [0.15, 0.2) is 46.4 Å². The van der Waals surface area contributed by atoms with Crippen LogP contribution < -0.4 is 21.4 Å². The predicted octanol–water partition coefficient (Wildman–Crippen LogP) is 6.96. The number of hydrogen-bond acceptors (Lipinski definition) is 7. The summed E-state index contributed by atoms with van der Waals surface area (Å²) in [6, 6.07) is 2.62. The van der Waals surface area contributed by atoms with E-state index in [1.807, 2.05) is 27.7 Å². The minimum atomic E-state index is -1.40. The number of halogens is 5. The first-order chi connectivity index (χ1) is 22.0. The molecule has 0 aliphatic rings. The molecule has 0 unspecified atom stereocenters. The topological polar surface area (TPSA) is 109 Å². The maximum absolute atomic E-state index is 14.9. The van der Waals surface area contributed by atoms with Crippen LogP contribution >= 0.6 is 23.2 Å². The van der Waals surface area contributed by atoms with E-state index in [1.165, 1.54) is 12.4 Å². The van der Waals surface area contributed by atoms with E-state index in [4.69, 9.17) is 27.9 Å². The van der Waals surface area contributed by atoms with Gasteiger partial charge >= 0.3 is 11.4 Å². The van der Waals surface area contributed by atoms with E-state index in [1.54, 1.807) is 24.0 Å². The maximum Gasteiger partial charge on any atom is 0.359 e. The molecule has 3 heterocycles. The first-order valence-electron chi connectivity index (χ1n) is 14.6. The van der Waals surface area contributed by atoms with Gasteiger partial charge in [0.25, 0.3) is 0 Å². The Morgan fingerprint density at radius 3 is 2.37 bits per heavy atom. The van der Waals surface area contributed by atoms with Crippen molar-refractivity contribution < 1.29 is 17.9 Å². The number of fused-ring (bicyclic) bond motifs is 1. The fourth-order valence-electron chi connectivity index (χ4n) is 4.78. The highest BCUT2D eigenvalue weighted by Crippen LogP contribution is 2.36. The van der Waals surface area contributed by atoms with Gasteiger partial charge in [-0.15, -0.1) is 0 Å². The molecule has 0 fully saturated rings. The number of aryl methyl sites for hydroxylation is 2. The molecule has 5 aromatic rings. The highest BCUT2D eigenvalue weighted by atomic mass is 35.5. The molecule has 0 radical (unpaired) electrons. The van der Waals surface area contributed by atoms with Gasteiger partial charge in [-0.05, 0) is 30.5 Å². The number of anilines is 2. The fourth-order valence-corrected chi connectivity index (χ4v) is 5.26. The van der Waals surface area contributed by atoms with Crippen molar-refractivity contribution in [2.24, 2.45) is 7.05 Å². The van der Waals surface area contributed by atoms with Gasteiger partial charge in [0.2, 0.25) is 5.95 Å². The average Bonchev–Trinajstić information content (AvgIpc) is 3.39. The molecular formula is C31H32Cl2F3N7O3. The Morgan fingerprint density at radius 1 is 0.957 bits per heavy atom. The minimum Gasteiger partial charge on any atom is -0.490 e. The van der Waals surface area contributed by atoms with Gasteiger partial charge in [-0.3, -0.25) is 14.2 Å². The van der Waals surface area contributed by atoms with E-state index in [9.17, 15) is 22.8 Å². The zero-order valence-electron chi connectivity index (χ0n) is 25.8. The molecule has 0 amide bonds.